The van der Waals surface area contributed by atoms with Crippen molar-refractivity contribution in [2.45, 2.75) is 19.0 Å². The molecule has 4 heteroatoms. The third-order valence-corrected chi connectivity index (χ3v) is 3.96. The predicted octanol–water partition coefficient (Wildman–Crippen LogP) is 1.57. The van der Waals surface area contributed by atoms with E-state index in [4.69, 9.17) is 0 Å². The van der Waals surface area contributed by atoms with Gasteiger partial charge in [-0.25, -0.2) is 0 Å². The zero-order valence-corrected chi connectivity index (χ0v) is 10.8. The quantitative estimate of drug-likeness (QED) is 0.855. The van der Waals surface area contributed by atoms with E-state index in [0.717, 1.165) is 23.6 Å². The summed E-state index contributed by atoms with van der Waals surface area (Å²) in [4.78, 5) is 12.0. The van der Waals surface area contributed by atoms with Gasteiger partial charge in [-0.05, 0) is 12.5 Å². The number of benzene rings is 1. The van der Waals surface area contributed by atoms with E-state index < -0.39 is 0 Å². The molecule has 1 heterocycles. The van der Waals surface area contributed by atoms with Gasteiger partial charge in [0.1, 0.15) is 0 Å². The Morgan fingerprint density at radius 1 is 1.47 bits per heavy atom. The highest BCUT2D eigenvalue weighted by Gasteiger charge is 2.22. The maximum absolute atomic E-state index is 12.0. The fourth-order valence-corrected chi connectivity index (χ4v) is 2.81. The normalized spacial score (nSPS) is 21.8. The molecular formula is C13H18N2OS. The van der Waals surface area contributed by atoms with Crippen molar-refractivity contribution in [3.05, 3.63) is 35.9 Å². The minimum absolute atomic E-state index is 0.0417. The topological polar surface area (TPSA) is 41.1 Å². The average molecular weight is 250 g/mol. The van der Waals surface area contributed by atoms with Crippen LogP contribution in [0.15, 0.2) is 30.3 Å². The van der Waals surface area contributed by atoms with Crippen molar-refractivity contribution in [2.24, 2.45) is 0 Å². The van der Waals surface area contributed by atoms with Gasteiger partial charge < -0.3 is 10.6 Å². The van der Waals surface area contributed by atoms with Crippen LogP contribution in [0.3, 0.4) is 0 Å². The molecule has 1 aromatic carbocycles. The number of carbonyl (C=O) groups is 1. The molecule has 1 aliphatic heterocycles. The largest absolute Gasteiger partial charge is 0.348 e. The van der Waals surface area contributed by atoms with E-state index in [1.54, 1.807) is 0 Å². The molecule has 2 atom stereocenters. The number of amides is 1. The van der Waals surface area contributed by atoms with Crippen molar-refractivity contribution < 1.29 is 4.79 Å². The summed E-state index contributed by atoms with van der Waals surface area (Å²) in [5.41, 5.74) is 1.14. The molecule has 0 spiro atoms. The molecule has 2 rings (SSSR count). The summed E-state index contributed by atoms with van der Waals surface area (Å²) in [5, 5.41) is 6.29. The van der Waals surface area contributed by atoms with Crippen molar-refractivity contribution in [1.29, 1.82) is 0 Å². The lowest BCUT2D eigenvalue weighted by Gasteiger charge is -2.24. The molecule has 1 fully saturated rings. The average Bonchev–Trinajstić information content (AvgIpc) is 2.40. The van der Waals surface area contributed by atoms with Crippen molar-refractivity contribution in [2.75, 3.05) is 18.1 Å². The van der Waals surface area contributed by atoms with Gasteiger partial charge in [0.25, 0.3) is 0 Å². The molecule has 0 aliphatic carbocycles. The predicted molar refractivity (Wildman–Crippen MR) is 72.1 cm³/mol. The Balaban J connectivity index is 1.89. The number of carbonyl (C=O) groups excluding carboxylic acids is 1. The Hall–Kier alpha value is -1.00. The van der Waals surface area contributed by atoms with Gasteiger partial charge in [-0.1, -0.05) is 30.3 Å². The molecular weight excluding hydrogens is 232 g/mol. The summed E-state index contributed by atoms with van der Waals surface area (Å²) in [5.74, 6) is 2.07. The maximum Gasteiger partial charge on any atom is 0.238 e. The molecule has 1 aromatic rings. The fourth-order valence-electron chi connectivity index (χ4n) is 1.87. The summed E-state index contributed by atoms with van der Waals surface area (Å²) >= 11 is 1.83. The van der Waals surface area contributed by atoms with E-state index in [9.17, 15) is 4.79 Å². The highest BCUT2D eigenvalue weighted by Crippen LogP contribution is 2.13. The Kier molecular flexibility index (Phi) is 4.45. The van der Waals surface area contributed by atoms with E-state index >= 15 is 0 Å². The van der Waals surface area contributed by atoms with Crippen molar-refractivity contribution >= 4 is 17.7 Å². The molecule has 92 valence electrons. The smallest absolute Gasteiger partial charge is 0.238 e. The molecule has 3 nitrogen and oxygen atoms in total. The summed E-state index contributed by atoms with van der Waals surface area (Å²) in [7, 11) is 0. The summed E-state index contributed by atoms with van der Waals surface area (Å²) in [6.45, 7) is 2.94. The second kappa shape index (κ2) is 6.07. The van der Waals surface area contributed by atoms with Crippen LogP contribution in [0, 0.1) is 0 Å². The van der Waals surface area contributed by atoms with Gasteiger partial charge in [-0.3, -0.25) is 4.79 Å². The first-order chi connectivity index (χ1) is 8.27. The van der Waals surface area contributed by atoms with E-state index in [0.29, 0.717) is 0 Å². The number of hydrogen-bond donors (Lipinski definition) is 2. The minimum Gasteiger partial charge on any atom is -0.348 e. The van der Waals surface area contributed by atoms with Crippen LogP contribution in [-0.2, 0) is 4.79 Å². The first kappa shape index (κ1) is 12.5. The lowest BCUT2D eigenvalue weighted by molar-refractivity contribution is -0.123. The van der Waals surface area contributed by atoms with Crippen LogP contribution in [0.4, 0.5) is 0 Å². The molecule has 0 radical (unpaired) electrons. The van der Waals surface area contributed by atoms with Gasteiger partial charge in [-0.2, -0.15) is 11.8 Å². The number of nitrogens with one attached hydrogen (secondary N) is 2. The first-order valence-corrected chi connectivity index (χ1v) is 7.09. The van der Waals surface area contributed by atoms with E-state index in [-0.39, 0.29) is 18.0 Å². The van der Waals surface area contributed by atoms with E-state index in [1.165, 1.54) is 0 Å². The highest BCUT2D eigenvalue weighted by molar-refractivity contribution is 7.99. The van der Waals surface area contributed by atoms with Gasteiger partial charge >= 0.3 is 0 Å². The van der Waals surface area contributed by atoms with Gasteiger partial charge in [0, 0.05) is 18.1 Å². The van der Waals surface area contributed by atoms with Gasteiger partial charge in [0.05, 0.1) is 12.1 Å². The minimum atomic E-state index is -0.0417. The third-order valence-electron chi connectivity index (χ3n) is 2.90. The second-order valence-electron chi connectivity index (χ2n) is 4.22. The number of rotatable bonds is 3. The van der Waals surface area contributed by atoms with Crippen LogP contribution < -0.4 is 10.6 Å². The van der Waals surface area contributed by atoms with E-state index in [1.807, 2.05) is 49.0 Å². The maximum atomic E-state index is 12.0. The highest BCUT2D eigenvalue weighted by atomic mass is 32.2. The summed E-state index contributed by atoms with van der Waals surface area (Å²) in [6.07, 6.45) is 0. The first-order valence-electron chi connectivity index (χ1n) is 5.94. The molecule has 0 saturated carbocycles. The molecule has 1 saturated heterocycles. The van der Waals surface area contributed by atoms with Gasteiger partial charge in [0.15, 0.2) is 0 Å². The SMILES string of the molecule is C[C@@H](NC(=O)C1CSCCN1)c1ccccc1. The second-order valence-corrected chi connectivity index (χ2v) is 5.37. The number of hydrogen-bond acceptors (Lipinski definition) is 3. The molecule has 2 N–H and O–H groups in total. The summed E-state index contributed by atoms with van der Waals surface area (Å²) in [6, 6.07) is 10.1. The molecule has 0 aromatic heterocycles. The zero-order chi connectivity index (χ0) is 12.1. The molecule has 1 unspecified atom stereocenters. The monoisotopic (exact) mass is 250 g/mol. The van der Waals surface area contributed by atoms with Crippen molar-refractivity contribution in [3.8, 4) is 0 Å². The van der Waals surface area contributed by atoms with Crippen molar-refractivity contribution in [3.63, 3.8) is 0 Å². The molecule has 1 aliphatic rings. The van der Waals surface area contributed by atoms with Crippen LogP contribution in [0.1, 0.15) is 18.5 Å². The standard InChI is InChI=1S/C13H18N2OS/c1-10(11-5-3-2-4-6-11)15-13(16)12-9-17-8-7-14-12/h2-6,10,12,14H,7-9H2,1H3,(H,15,16)/t10-,12?/m1/s1. The molecule has 0 bridgehead atoms. The Labute approximate surface area is 106 Å². The van der Waals surface area contributed by atoms with E-state index in [2.05, 4.69) is 10.6 Å². The van der Waals surface area contributed by atoms with Crippen LogP contribution in [-0.4, -0.2) is 30.0 Å². The Morgan fingerprint density at radius 3 is 2.88 bits per heavy atom. The zero-order valence-electron chi connectivity index (χ0n) is 9.98. The van der Waals surface area contributed by atoms with Crippen LogP contribution in [0.25, 0.3) is 0 Å². The van der Waals surface area contributed by atoms with Crippen molar-refractivity contribution in [1.82, 2.24) is 10.6 Å². The van der Waals surface area contributed by atoms with Gasteiger partial charge in [0.2, 0.25) is 5.91 Å². The van der Waals surface area contributed by atoms with Crippen LogP contribution >= 0.6 is 11.8 Å². The lowest BCUT2D eigenvalue weighted by Crippen LogP contribution is -2.49. The van der Waals surface area contributed by atoms with Crippen LogP contribution in [0.2, 0.25) is 0 Å². The molecule has 17 heavy (non-hydrogen) atoms. The molecule has 1 amide bonds. The van der Waals surface area contributed by atoms with Crippen LogP contribution in [0.5, 0.6) is 0 Å². The van der Waals surface area contributed by atoms with Gasteiger partial charge in [-0.15, -0.1) is 0 Å². The Morgan fingerprint density at radius 2 is 2.24 bits per heavy atom. The summed E-state index contributed by atoms with van der Waals surface area (Å²) < 4.78 is 0. The third kappa shape index (κ3) is 3.48. The Bertz CT molecular complexity index is 363. The number of thioether (sulfide) groups is 1. The lowest BCUT2D eigenvalue weighted by atomic mass is 10.1. The fraction of sp³-hybridized carbons (Fsp3) is 0.462.